The molecule has 0 bridgehead atoms. The standard InChI is InChI=1S/C15H19ClN2O.ClH/c1-17(2)9-14-11-8-18(3)7-6-10-12(16)4-5-13(19-14)15(10)11;/h4-5H,6-9H2,1-3H3;1H. The Kier molecular flexibility index (Phi) is 4.65. The Morgan fingerprint density at radius 2 is 2.05 bits per heavy atom. The van der Waals surface area contributed by atoms with Crippen molar-refractivity contribution in [2.24, 2.45) is 0 Å². The minimum atomic E-state index is 0. The van der Waals surface area contributed by atoms with E-state index in [0.29, 0.717) is 0 Å². The molecule has 0 fully saturated rings. The van der Waals surface area contributed by atoms with Crippen LogP contribution in [0.15, 0.2) is 16.5 Å². The van der Waals surface area contributed by atoms with Crippen molar-refractivity contribution in [1.29, 1.82) is 0 Å². The van der Waals surface area contributed by atoms with Crippen LogP contribution in [-0.4, -0.2) is 37.5 Å². The summed E-state index contributed by atoms with van der Waals surface area (Å²) in [5.41, 5.74) is 3.52. The number of nitrogens with zero attached hydrogens (tertiary/aromatic N) is 2. The van der Waals surface area contributed by atoms with Crippen LogP contribution in [0.5, 0.6) is 0 Å². The van der Waals surface area contributed by atoms with E-state index in [-0.39, 0.29) is 12.4 Å². The third-order valence-corrected chi connectivity index (χ3v) is 4.07. The minimum Gasteiger partial charge on any atom is -0.459 e. The van der Waals surface area contributed by atoms with Crippen molar-refractivity contribution >= 4 is 35.0 Å². The van der Waals surface area contributed by atoms with Crippen LogP contribution in [-0.2, 0) is 19.5 Å². The Balaban J connectivity index is 0.00000147. The van der Waals surface area contributed by atoms with Gasteiger partial charge in [0.1, 0.15) is 11.3 Å². The van der Waals surface area contributed by atoms with Gasteiger partial charge in [-0.25, -0.2) is 0 Å². The molecule has 0 atom stereocenters. The highest BCUT2D eigenvalue weighted by molar-refractivity contribution is 6.32. The van der Waals surface area contributed by atoms with E-state index in [1.54, 1.807) is 0 Å². The molecular weight excluding hydrogens is 295 g/mol. The maximum absolute atomic E-state index is 6.37. The van der Waals surface area contributed by atoms with E-state index in [9.17, 15) is 0 Å². The summed E-state index contributed by atoms with van der Waals surface area (Å²) in [5.74, 6) is 1.07. The monoisotopic (exact) mass is 314 g/mol. The fourth-order valence-corrected chi connectivity index (χ4v) is 3.08. The summed E-state index contributed by atoms with van der Waals surface area (Å²) in [4.78, 5) is 4.47. The summed E-state index contributed by atoms with van der Waals surface area (Å²) in [6, 6.07) is 3.95. The Morgan fingerprint density at radius 3 is 2.75 bits per heavy atom. The zero-order valence-electron chi connectivity index (χ0n) is 12.1. The van der Waals surface area contributed by atoms with E-state index in [1.165, 1.54) is 16.5 Å². The van der Waals surface area contributed by atoms with Crippen molar-refractivity contribution in [3.05, 3.63) is 34.0 Å². The van der Waals surface area contributed by atoms with Crippen molar-refractivity contribution in [2.45, 2.75) is 19.5 Å². The molecule has 0 N–H and O–H groups in total. The molecular formula is C15H20Cl2N2O. The lowest BCUT2D eigenvalue weighted by Gasteiger charge is -2.14. The smallest absolute Gasteiger partial charge is 0.135 e. The molecule has 0 amide bonds. The second-order valence-electron chi connectivity index (χ2n) is 5.63. The van der Waals surface area contributed by atoms with Crippen molar-refractivity contribution in [1.82, 2.24) is 9.80 Å². The number of hydrogen-bond donors (Lipinski definition) is 0. The first-order valence-corrected chi connectivity index (χ1v) is 6.99. The number of furan rings is 1. The Bertz CT molecular complexity index is 622. The van der Waals surface area contributed by atoms with Gasteiger partial charge >= 0.3 is 0 Å². The molecule has 110 valence electrons. The highest BCUT2D eigenvalue weighted by atomic mass is 35.5. The minimum absolute atomic E-state index is 0. The molecule has 0 spiro atoms. The zero-order valence-corrected chi connectivity index (χ0v) is 13.6. The third-order valence-electron chi connectivity index (χ3n) is 3.72. The first-order valence-electron chi connectivity index (χ1n) is 6.61. The maximum Gasteiger partial charge on any atom is 0.135 e. The third kappa shape index (κ3) is 2.68. The van der Waals surface area contributed by atoms with Crippen molar-refractivity contribution in [2.75, 3.05) is 27.7 Å². The molecule has 1 aliphatic rings. The van der Waals surface area contributed by atoms with E-state index < -0.39 is 0 Å². The van der Waals surface area contributed by atoms with Crippen LogP contribution in [0.3, 0.4) is 0 Å². The second kappa shape index (κ2) is 5.94. The molecule has 5 heteroatoms. The molecule has 0 radical (unpaired) electrons. The van der Waals surface area contributed by atoms with Crippen LogP contribution < -0.4 is 0 Å². The largest absolute Gasteiger partial charge is 0.459 e. The van der Waals surface area contributed by atoms with Crippen LogP contribution in [0.2, 0.25) is 5.02 Å². The highest BCUT2D eigenvalue weighted by Crippen LogP contribution is 2.36. The molecule has 3 nitrogen and oxygen atoms in total. The summed E-state index contributed by atoms with van der Waals surface area (Å²) in [6.45, 7) is 2.80. The average Bonchev–Trinajstić information content (AvgIpc) is 2.55. The zero-order chi connectivity index (χ0) is 13.6. The Morgan fingerprint density at radius 1 is 1.30 bits per heavy atom. The van der Waals surface area contributed by atoms with Crippen LogP contribution in [0, 0.1) is 0 Å². The van der Waals surface area contributed by atoms with Crippen molar-refractivity contribution in [3.8, 4) is 0 Å². The molecule has 1 aromatic carbocycles. The molecule has 0 unspecified atom stereocenters. The van der Waals surface area contributed by atoms with E-state index in [2.05, 4.69) is 30.9 Å². The molecule has 20 heavy (non-hydrogen) atoms. The van der Waals surface area contributed by atoms with Gasteiger partial charge in [0.25, 0.3) is 0 Å². The fourth-order valence-electron chi connectivity index (χ4n) is 2.83. The second-order valence-corrected chi connectivity index (χ2v) is 6.04. The van der Waals surface area contributed by atoms with Gasteiger partial charge in [0, 0.05) is 29.1 Å². The lowest BCUT2D eigenvalue weighted by atomic mass is 10.0. The summed E-state index contributed by atoms with van der Waals surface area (Å²) >= 11 is 6.37. The number of halogens is 2. The first-order chi connectivity index (χ1) is 9.06. The van der Waals surface area contributed by atoms with Crippen LogP contribution in [0.4, 0.5) is 0 Å². The van der Waals surface area contributed by atoms with E-state index in [1.807, 2.05) is 12.1 Å². The highest BCUT2D eigenvalue weighted by Gasteiger charge is 2.23. The number of likely N-dealkylation sites (N-methyl/N-ethyl adjacent to an activating group) is 1. The van der Waals surface area contributed by atoms with E-state index in [4.69, 9.17) is 16.0 Å². The van der Waals surface area contributed by atoms with Gasteiger partial charge in [0.05, 0.1) is 6.54 Å². The van der Waals surface area contributed by atoms with Crippen LogP contribution in [0.25, 0.3) is 11.0 Å². The van der Waals surface area contributed by atoms with Crippen LogP contribution >= 0.6 is 24.0 Å². The van der Waals surface area contributed by atoms with Gasteiger partial charge in [-0.05, 0) is 45.3 Å². The van der Waals surface area contributed by atoms with Gasteiger partial charge < -0.3 is 14.2 Å². The predicted molar refractivity (Wildman–Crippen MR) is 85.9 cm³/mol. The van der Waals surface area contributed by atoms with E-state index >= 15 is 0 Å². The van der Waals surface area contributed by atoms with Gasteiger partial charge in [0.15, 0.2) is 0 Å². The average molecular weight is 315 g/mol. The lowest BCUT2D eigenvalue weighted by molar-refractivity contribution is 0.319. The lowest BCUT2D eigenvalue weighted by Crippen LogP contribution is -2.20. The quantitative estimate of drug-likeness (QED) is 0.845. The van der Waals surface area contributed by atoms with E-state index in [0.717, 1.165) is 42.4 Å². The summed E-state index contributed by atoms with van der Waals surface area (Å²) in [6.07, 6.45) is 0.987. The van der Waals surface area contributed by atoms with Crippen LogP contribution in [0.1, 0.15) is 16.9 Å². The number of benzene rings is 1. The molecule has 3 rings (SSSR count). The normalized spacial score (nSPS) is 15.4. The van der Waals surface area contributed by atoms with Gasteiger partial charge in [-0.15, -0.1) is 12.4 Å². The predicted octanol–water partition coefficient (Wildman–Crippen LogP) is 3.56. The molecule has 1 aliphatic heterocycles. The molecule has 0 saturated heterocycles. The number of hydrogen-bond acceptors (Lipinski definition) is 3. The molecule has 2 heterocycles. The Hall–Kier alpha value is -0.740. The summed E-state index contributed by atoms with van der Waals surface area (Å²) in [7, 11) is 6.28. The molecule has 0 aliphatic carbocycles. The van der Waals surface area contributed by atoms with Gasteiger partial charge in [-0.2, -0.15) is 0 Å². The van der Waals surface area contributed by atoms with Crippen molar-refractivity contribution in [3.63, 3.8) is 0 Å². The van der Waals surface area contributed by atoms with Gasteiger partial charge in [0.2, 0.25) is 0 Å². The molecule has 1 aromatic heterocycles. The first kappa shape index (κ1) is 15.6. The molecule has 0 saturated carbocycles. The fraction of sp³-hybridized carbons (Fsp3) is 0.467. The summed E-state index contributed by atoms with van der Waals surface area (Å²) in [5, 5.41) is 2.11. The summed E-state index contributed by atoms with van der Waals surface area (Å²) < 4.78 is 6.05. The SMILES string of the molecule is CN(C)Cc1oc2ccc(Cl)c3c2c1CN(C)CC3.Cl. The van der Waals surface area contributed by atoms with Gasteiger partial charge in [-0.3, -0.25) is 0 Å². The maximum atomic E-state index is 6.37. The molecule has 2 aromatic rings. The topological polar surface area (TPSA) is 19.6 Å². The number of rotatable bonds is 2. The van der Waals surface area contributed by atoms with Crippen molar-refractivity contribution < 1.29 is 4.42 Å². The Labute approximate surface area is 130 Å². The van der Waals surface area contributed by atoms with Gasteiger partial charge in [-0.1, -0.05) is 11.6 Å².